The van der Waals surface area contributed by atoms with Gasteiger partial charge >= 0.3 is 0 Å². The molecule has 0 radical (unpaired) electrons. The SMILES string of the molecule is CC(=O)C1=NN(c2ccc(Cl)cc2)[C@]2(S1)c1ccccc1C(c1cc(C)ccc1C)=NN2c1ccccc1. The molecule has 38 heavy (non-hydrogen) atoms. The van der Waals surface area contributed by atoms with Crippen LogP contribution in [0.2, 0.25) is 5.02 Å². The zero-order chi connectivity index (χ0) is 26.4. The average Bonchev–Trinajstić information content (AvgIpc) is 3.33. The zero-order valence-corrected chi connectivity index (χ0v) is 22.8. The van der Waals surface area contributed by atoms with Gasteiger partial charge in [-0.15, -0.1) is 0 Å². The van der Waals surface area contributed by atoms with E-state index in [0.717, 1.165) is 44.9 Å². The van der Waals surface area contributed by atoms with Crippen LogP contribution < -0.4 is 10.0 Å². The zero-order valence-electron chi connectivity index (χ0n) is 21.2. The first-order chi connectivity index (χ1) is 18.4. The van der Waals surface area contributed by atoms with Gasteiger partial charge in [-0.25, -0.2) is 10.0 Å². The normalized spacial score (nSPS) is 18.3. The van der Waals surface area contributed by atoms with Crippen LogP contribution in [0.4, 0.5) is 11.4 Å². The molecule has 188 valence electrons. The average molecular weight is 537 g/mol. The second kappa shape index (κ2) is 9.46. The monoisotopic (exact) mass is 536 g/mol. The van der Waals surface area contributed by atoms with Crippen LogP contribution in [0, 0.1) is 13.8 Å². The first kappa shape index (κ1) is 24.5. The summed E-state index contributed by atoms with van der Waals surface area (Å²) in [5, 5.41) is 15.2. The predicted molar refractivity (Wildman–Crippen MR) is 158 cm³/mol. The van der Waals surface area contributed by atoms with Crippen molar-refractivity contribution < 1.29 is 4.79 Å². The molecule has 5 nitrogen and oxygen atoms in total. The number of thioether (sulfide) groups is 1. The van der Waals surface area contributed by atoms with Gasteiger partial charge in [0.1, 0.15) is 0 Å². The van der Waals surface area contributed by atoms with E-state index in [-0.39, 0.29) is 5.78 Å². The highest BCUT2D eigenvalue weighted by Gasteiger charge is 2.55. The molecule has 0 bridgehead atoms. The van der Waals surface area contributed by atoms with Crippen molar-refractivity contribution in [1.29, 1.82) is 0 Å². The molecule has 0 aliphatic carbocycles. The Morgan fingerprint density at radius 3 is 2.18 bits per heavy atom. The van der Waals surface area contributed by atoms with Crippen molar-refractivity contribution in [1.82, 2.24) is 0 Å². The van der Waals surface area contributed by atoms with Gasteiger partial charge in [0.2, 0.25) is 4.99 Å². The van der Waals surface area contributed by atoms with Crippen LogP contribution in [0.15, 0.2) is 107 Å². The molecule has 2 aliphatic rings. The molecule has 6 rings (SSSR count). The third-order valence-corrected chi connectivity index (χ3v) is 8.42. The molecule has 2 heterocycles. The Morgan fingerprint density at radius 2 is 1.45 bits per heavy atom. The van der Waals surface area contributed by atoms with Gasteiger partial charge in [0.25, 0.3) is 0 Å². The van der Waals surface area contributed by atoms with E-state index in [1.807, 2.05) is 76.7 Å². The Kier molecular flexibility index (Phi) is 6.09. The summed E-state index contributed by atoms with van der Waals surface area (Å²) in [4.78, 5) is 11.8. The molecule has 0 saturated carbocycles. The van der Waals surface area contributed by atoms with E-state index in [2.05, 4.69) is 44.2 Å². The topological polar surface area (TPSA) is 48.3 Å². The van der Waals surface area contributed by atoms with Gasteiger partial charge in [-0.2, -0.15) is 10.2 Å². The molecule has 0 fully saturated rings. The van der Waals surface area contributed by atoms with Crippen molar-refractivity contribution in [2.75, 3.05) is 10.0 Å². The third kappa shape index (κ3) is 3.92. The van der Waals surface area contributed by atoms with Crippen LogP contribution in [0.3, 0.4) is 0 Å². The number of aryl methyl sites for hydroxylation is 2. The fraction of sp³-hybridized carbons (Fsp3) is 0.129. The van der Waals surface area contributed by atoms with E-state index < -0.39 is 4.99 Å². The van der Waals surface area contributed by atoms with Gasteiger partial charge in [0.15, 0.2) is 10.8 Å². The van der Waals surface area contributed by atoms with Gasteiger partial charge in [0.05, 0.1) is 17.1 Å². The van der Waals surface area contributed by atoms with Crippen LogP contribution in [0.1, 0.15) is 34.7 Å². The lowest BCUT2D eigenvalue weighted by molar-refractivity contribution is -0.110. The standard InChI is InChI=1S/C31H25ClN4OS/c1-20-13-14-21(2)27(19-20)29-26-11-7-8-12-28(26)31(35(33-29)24-9-5-4-6-10-24)36(34-30(38-31)22(3)37)25-17-15-23(32)16-18-25/h4-19H,1-3H3/t31-/m0/s1. The smallest absolute Gasteiger partial charge is 0.234 e. The fourth-order valence-corrected chi connectivity index (χ4v) is 6.33. The minimum Gasteiger partial charge on any atom is -0.292 e. The second-order valence-electron chi connectivity index (χ2n) is 9.42. The molecule has 7 heteroatoms. The highest BCUT2D eigenvalue weighted by atomic mass is 35.5. The van der Waals surface area contributed by atoms with Crippen LogP contribution >= 0.6 is 23.4 Å². The van der Waals surface area contributed by atoms with E-state index in [1.165, 1.54) is 11.8 Å². The van der Waals surface area contributed by atoms with Crippen LogP contribution in [0.5, 0.6) is 0 Å². The number of nitrogens with zero attached hydrogens (tertiary/aromatic N) is 4. The Labute approximate surface area is 231 Å². The predicted octanol–water partition coefficient (Wildman–Crippen LogP) is 7.50. The molecule has 1 atom stereocenters. The first-order valence-electron chi connectivity index (χ1n) is 12.3. The summed E-state index contributed by atoms with van der Waals surface area (Å²) in [6, 6.07) is 32.3. The number of benzene rings is 4. The maximum absolute atomic E-state index is 12.8. The summed E-state index contributed by atoms with van der Waals surface area (Å²) in [7, 11) is 0. The van der Waals surface area contributed by atoms with Crippen LogP contribution in [-0.4, -0.2) is 16.5 Å². The number of para-hydroxylation sites is 1. The number of ketones is 1. The van der Waals surface area contributed by atoms with E-state index in [9.17, 15) is 4.79 Å². The number of hydrogen-bond donors (Lipinski definition) is 0. The summed E-state index contributed by atoms with van der Waals surface area (Å²) in [6.07, 6.45) is 0. The Balaban J connectivity index is 1.68. The summed E-state index contributed by atoms with van der Waals surface area (Å²) < 4.78 is 0. The fourth-order valence-electron chi connectivity index (χ4n) is 4.92. The minimum absolute atomic E-state index is 0.0966. The maximum Gasteiger partial charge on any atom is 0.234 e. The third-order valence-electron chi connectivity index (χ3n) is 6.76. The van der Waals surface area contributed by atoms with Crippen molar-refractivity contribution in [3.8, 4) is 0 Å². The number of carbonyl (C=O) groups is 1. The number of Topliss-reactive ketones (excluding diaryl/α,β-unsaturated/α-hetero) is 1. The Bertz CT molecular complexity index is 1620. The van der Waals surface area contributed by atoms with Crippen molar-refractivity contribution >= 4 is 51.3 Å². The number of carbonyl (C=O) groups excluding carboxylic acids is 1. The molecule has 4 aromatic rings. The second-order valence-corrected chi connectivity index (χ2v) is 11.0. The molecule has 0 aromatic heterocycles. The molecular formula is C31H25ClN4OS. The number of halogens is 1. The summed E-state index contributed by atoms with van der Waals surface area (Å²) >= 11 is 7.66. The van der Waals surface area contributed by atoms with Gasteiger partial charge in [-0.1, -0.05) is 71.8 Å². The van der Waals surface area contributed by atoms with Gasteiger partial charge in [-0.3, -0.25) is 4.79 Å². The summed E-state index contributed by atoms with van der Waals surface area (Å²) in [5.74, 6) is -0.0966. The van der Waals surface area contributed by atoms with E-state index >= 15 is 0 Å². The van der Waals surface area contributed by atoms with Gasteiger partial charge in [-0.05, 0) is 73.6 Å². The Morgan fingerprint density at radius 1 is 0.789 bits per heavy atom. The molecule has 2 aliphatic heterocycles. The van der Waals surface area contributed by atoms with Crippen molar-refractivity contribution in [2.24, 2.45) is 10.2 Å². The molecule has 0 saturated heterocycles. The maximum atomic E-state index is 12.8. The van der Waals surface area contributed by atoms with E-state index in [4.69, 9.17) is 21.8 Å². The van der Waals surface area contributed by atoms with Crippen LogP contribution in [0.25, 0.3) is 0 Å². The molecule has 4 aromatic carbocycles. The lowest BCUT2D eigenvalue weighted by Gasteiger charge is -2.47. The number of anilines is 2. The van der Waals surface area contributed by atoms with Crippen molar-refractivity contribution in [3.63, 3.8) is 0 Å². The molecule has 0 amide bonds. The lowest BCUT2D eigenvalue weighted by Crippen LogP contribution is -2.54. The van der Waals surface area contributed by atoms with Gasteiger partial charge < -0.3 is 0 Å². The number of hydrogen-bond acceptors (Lipinski definition) is 6. The quantitative estimate of drug-likeness (QED) is 0.271. The highest BCUT2D eigenvalue weighted by Crippen LogP contribution is 2.55. The number of fused-ring (bicyclic) bond motifs is 2. The molecule has 0 N–H and O–H groups in total. The van der Waals surface area contributed by atoms with Gasteiger partial charge in [0, 0.05) is 28.6 Å². The number of hydrazone groups is 2. The number of rotatable bonds is 4. The molecule has 1 spiro atoms. The highest BCUT2D eigenvalue weighted by molar-refractivity contribution is 8.17. The van der Waals surface area contributed by atoms with E-state index in [0.29, 0.717) is 10.1 Å². The Hall–Kier alpha value is -3.87. The van der Waals surface area contributed by atoms with Crippen molar-refractivity contribution in [2.45, 2.75) is 25.8 Å². The van der Waals surface area contributed by atoms with Crippen LogP contribution in [-0.2, 0) is 9.79 Å². The largest absolute Gasteiger partial charge is 0.292 e. The molecule has 0 unspecified atom stereocenters. The van der Waals surface area contributed by atoms with Crippen molar-refractivity contribution in [3.05, 3.63) is 130 Å². The summed E-state index contributed by atoms with van der Waals surface area (Å²) in [6.45, 7) is 5.76. The molecular weight excluding hydrogens is 512 g/mol. The lowest BCUT2D eigenvalue weighted by atomic mass is 9.90. The summed E-state index contributed by atoms with van der Waals surface area (Å²) in [5.41, 5.74) is 7.94. The first-order valence-corrected chi connectivity index (χ1v) is 13.5. The van der Waals surface area contributed by atoms with E-state index in [1.54, 1.807) is 6.92 Å². The minimum atomic E-state index is -0.978.